The van der Waals surface area contributed by atoms with Gasteiger partial charge in [0.05, 0.1) is 25.4 Å². The van der Waals surface area contributed by atoms with Gasteiger partial charge in [-0.1, -0.05) is 391 Å². The topological polar surface area (TPSA) is 95.9 Å². The van der Waals surface area contributed by atoms with E-state index in [1.54, 1.807) is 0 Å². The molecule has 0 fully saturated rings. The van der Waals surface area contributed by atoms with Crippen LogP contribution >= 0.6 is 0 Å². The molecule has 498 valence electrons. The van der Waals surface area contributed by atoms with Crippen molar-refractivity contribution in [2.24, 2.45) is 0 Å². The van der Waals surface area contributed by atoms with Gasteiger partial charge in [-0.05, 0) is 57.8 Å². The van der Waals surface area contributed by atoms with Gasteiger partial charge in [-0.3, -0.25) is 9.59 Å². The zero-order valence-electron chi connectivity index (χ0n) is 57.2. The van der Waals surface area contributed by atoms with Crippen LogP contribution in [-0.2, 0) is 14.3 Å². The van der Waals surface area contributed by atoms with Gasteiger partial charge in [0.1, 0.15) is 0 Å². The number of allylic oxidation sites excluding steroid dienone is 4. The lowest BCUT2D eigenvalue weighted by Crippen LogP contribution is -2.45. The highest BCUT2D eigenvalue weighted by Crippen LogP contribution is 2.20. The zero-order chi connectivity index (χ0) is 60.6. The standard InChI is InChI=1S/C78H151NO5/c1-3-5-7-9-11-13-15-17-19-20-36-39-43-46-50-54-58-62-66-70-76(81)75(74-80)79-77(82)71-67-63-59-55-51-47-44-40-37-34-32-30-28-26-24-22-21-23-25-27-29-31-33-35-38-41-45-49-53-57-61-65-69-73-84-78(83)72-68-64-60-56-52-48-42-18-16-14-12-10-8-6-4-2/h25,27,31,33,75-76,80-81H,3-24,26,28-30,32,34-74H2,1-2H3,(H,79,82)/b27-25-,33-31-. The monoisotopic (exact) mass is 1180 g/mol. The first-order valence-electron chi connectivity index (χ1n) is 38.6. The number of amides is 1. The van der Waals surface area contributed by atoms with Crippen LogP contribution in [0.3, 0.4) is 0 Å². The third-order valence-corrected chi connectivity index (χ3v) is 18.3. The molecule has 0 radical (unpaired) electrons. The van der Waals surface area contributed by atoms with Crippen LogP contribution in [0.15, 0.2) is 24.3 Å². The van der Waals surface area contributed by atoms with E-state index in [2.05, 4.69) is 43.5 Å². The summed E-state index contributed by atoms with van der Waals surface area (Å²) >= 11 is 0. The molecule has 0 aliphatic rings. The summed E-state index contributed by atoms with van der Waals surface area (Å²) in [7, 11) is 0. The molecule has 3 N–H and O–H groups in total. The van der Waals surface area contributed by atoms with Crippen LogP contribution in [0.4, 0.5) is 0 Å². The molecule has 0 aliphatic carbocycles. The van der Waals surface area contributed by atoms with Gasteiger partial charge in [0.15, 0.2) is 0 Å². The fourth-order valence-electron chi connectivity index (χ4n) is 12.4. The maximum absolute atomic E-state index is 12.5. The average molecular weight is 1180 g/mol. The number of carbonyl (C=O) groups is 2. The highest BCUT2D eigenvalue weighted by atomic mass is 16.5. The van der Waals surface area contributed by atoms with E-state index >= 15 is 0 Å². The van der Waals surface area contributed by atoms with E-state index in [-0.39, 0.29) is 18.5 Å². The molecule has 2 unspecified atom stereocenters. The fourth-order valence-corrected chi connectivity index (χ4v) is 12.4. The van der Waals surface area contributed by atoms with Crippen molar-refractivity contribution in [3.05, 3.63) is 24.3 Å². The number of carbonyl (C=O) groups excluding carboxylic acids is 2. The Labute approximate surface area is 526 Å². The average Bonchev–Trinajstić information content (AvgIpc) is 3.52. The zero-order valence-corrected chi connectivity index (χ0v) is 57.2. The van der Waals surface area contributed by atoms with E-state index in [0.29, 0.717) is 25.9 Å². The van der Waals surface area contributed by atoms with E-state index in [4.69, 9.17) is 4.74 Å². The molecule has 0 saturated carbocycles. The van der Waals surface area contributed by atoms with Crippen molar-refractivity contribution >= 4 is 11.9 Å². The molecule has 0 heterocycles. The predicted octanol–water partition coefficient (Wildman–Crippen LogP) is 25.3. The molecular weight excluding hydrogens is 1030 g/mol. The number of aliphatic hydroxyl groups is 2. The van der Waals surface area contributed by atoms with Crippen LogP contribution in [-0.4, -0.2) is 47.4 Å². The van der Waals surface area contributed by atoms with Crippen LogP contribution in [0, 0.1) is 0 Å². The van der Waals surface area contributed by atoms with Crippen LogP contribution in [0.25, 0.3) is 0 Å². The number of hydrogen-bond donors (Lipinski definition) is 3. The SMILES string of the molecule is CCCCCCCCCCCCCCCCCCCCCC(O)C(CO)NC(=O)CCCCCCCCCCCCCCCCCCC/C=C\C/C=C\CCCCCCCCCCCOC(=O)CCCCCCCCCCCCCCCCC. The van der Waals surface area contributed by atoms with E-state index in [1.807, 2.05) is 0 Å². The van der Waals surface area contributed by atoms with Crippen molar-refractivity contribution in [3.8, 4) is 0 Å². The first-order valence-corrected chi connectivity index (χ1v) is 38.6. The molecule has 0 aromatic carbocycles. The molecule has 0 spiro atoms. The summed E-state index contributed by atoms with van der Waals surface area (Å²) in [6.45, 7) is 5.00. The first kappa shape index (κ1) is 82.3. The lowest BCUT2D eigenvalue weighted by atomic mass is 10.0. The Morgan fingerprint density at radius 1 is 0.333 bits per heavy atom. The number of aliphatic hydroxyl groups excluding tert-OH is 2. The van der Waals surface area contributed by atoms with Gasteiger partial charge in [0.2, 0.25) is 5.91 Å². The Bertz CT molecular complexity index is 1320. The number of hydrogen-bond acceptors (Lipinski definition) is 5. The van der Waals surface area contributed by atoms with E-state index in [1.165, 1.54) is 360 Å². The van der Waals surface area contributed by atoms with Gasteiger partial charge in [-0.15, -0.1) is 0 Å². The Morgan fingerprint density at radius 3 is 0.905 bits per heavy atom. The number of nitrogens with one attached hydrogen (secondary N) is 1. The minimum absolute atomic E-state index is 0.0180. The lowest BCUT2D eigenvalue weighted by molar-refractivity contribution is -0.143. The molecule has 6 nitrogen and oxygen atoms in total. The summed E-state index contributed by atoms with van der Waals surface area (Å²) in [5.74, 6) is -0.0104. The molecule has 0 bridgehead atoms. The first-order chi connectivity index (χ1) is 41.5. The Hall–Kier alpha value is -1.66. The molecule has 6 heteroatoms. The van der Waals surface area contributed by atoms with Crippen molar-refractivity contribution < 1.29 is 24.5 Å². The smallest absolute Gasteiger partial charge is 0.305 e. The molecule has 0 aliphatic heterocycles. The predicted molar refractivity (Wildman–Crippen MR) is 370 cm³/mol. The minimum Gasteiger partial charge on any atom is -0.466 e. The van der Waals surface area contributed by atoms with Crippen molar-refractivity contribution in [2.45, 2.75) is 450 Å². The van der Waals surface area contributed by atoms with Gasteiger partial charge < -0.3 is 20.3 Å². The van der Waals surface area contributed by atoms with E-state index < -0.39 is 12.1 Å². The molecule has 84 heavy (non-hydrogen) atoms. The Balaban J connectivity index is 3.37. The van der Waals surface area contributed by atoms with Crippen molar-refractivity contribution in [3.63, 3.8) is 0 Å². The maximum atomic E-state index is 12.5. The maximum Gasteiger partial charge on any atom is 0.305 e. The lowest BCUT2D eigenvalue weighted by Gasteiger charge is -2.22. The largest absolute Gasteiger partial charge is 0.466 e. The van der Waals surface area contributed by atoms with Gasteiger partial charge in [-0.2, -0.15) is 0 Å². The molecule has 0 aromatic rings. The van der Waals surface area contributed by atoms with E-state index in [9.17, 15) is 19.8 Å². The Kier molecular flexibility index (Phi) is 72.3. The normalized spacial score (nSPS) is 12.6. The van der Waals surface area contributed by atoms with Gasteiger partial charge in [0, 0.05) is 12.8 Å². The summed E-state index contributed by atoms with van der Waals surface area (Å²) in [4.78, 5) is 24.6. The summed E-state index contributed by atoms with van der Waals surface area (Å²) in [6, 6.07) is -0.541. The minimum atomic E-state index is -0.664. The summed E-state index contributed by atoms with van der Waals surface area (Å²) in [5.41, 5.74) is 0. The second kappa shape index (κ2) is 73.8. The summed E-state index contributed by atoms with van der Waals surface area (Å²) in [5, 5.41) is 23.4. The number of unbranched alkanes of at least 4 members (excludes halogenated alkanes) is 58. The molecule has 0 aromatic heterocycles. The van der Waals surface area contributed by atoms with Crippen LogP contribution in [0.5, 0.6) is 0 Å². The quantitative estimate of drug-likeness (QED) is 0.0320. The molecule has 0 rings (SSSR count). The van der Waals surface area contributed by atoms with E-state index in [0.717, 1.165) is 44.9 Å². The number of esters is 1. The summed E-state index contributed by atoms with van der Waals surface area (Å²) in [6.07, 6.45) is 94.0. The Morgan fingerprint density at radius 2 is 0.595 bits per heavy atom. The van der Waals surface area contributed by atoms with Crippen molar-refractivity contribution in [2.75, 3.05) is 13.2 Å². The van der Waals surface area contributed by atoms with Gasteiger partial charge >= 0.3 is 5.97 Å². The third kappa shape index (κ3) is 69.4. The molecular formula is C78H151NO5. The highest BCUT2D eigenvalue weighted by Gasteiger charge is 2.20. The number of ether oxygens (including phenoxy) is 1. The van der Waals surface area contributed by atoms with Crippen LogP contribution < -0.4 is 5.32 Å². The second-order valence-corrected chi connectivity index (χ2v) is 26.7. The third-order valence-electron chi connectivity index (χ3n) is 18.3. The molecule has 0 saturated heterocycles. The highest BCUT2D eigenvalue weighted by molar-refractivity contribution is 5.76. The molecule has 2 atom stereocenters. The van der Waals surface area contributed by atoms with Crippen LogP contribution in [0.2, 0.25) is 0 Å². The van der Waals surface area contributed by atoms with Crippen LogP contribution in [0.1, 0.15) is 438 Å². The van der Waals surface area contributed by atoms with Crippen molar-refractivity contribution in [1.29, 1.82) is 0 Å². The fraction of sp³-hybridized carbons (Fsp3) is 0.923. The number of rotatable bonds is 73. The second-order valence-electron chi connectivity index (χ2n) is 26.7. The molecule has 1 amide bonds. The summed E-state index contributed by atoms with van der Waals surface area (Å²) < 4.78 is 5.50. The van der Waals surface area contributed by atoms with Gasteiger partial charge in [0.25, 0.3) is 0 Å². The van der Waals surface area contributed by atoms with Crippen molar-refractivity contribution in [1.82, 2.24) is 5.32 Å². The van der Waals surface area contributed by atoms with Gasteiger partial charge in [-0.25, -0.2) is 0 Å².